The molecule has 0 amide bonds. The molecule has 2 aliphatic rings. The molecule has 222 valence electrons. The first-order chi connectivity index (χ1) is 19.1. The Kier molecular flexibility index (Phi) is 15.6. The van der Waals surface area contributed by atoms with E-state index < -0.39 is 0 Å². The molecule has 2 atom stereocenters. The van der Waals surface area contributed by atoms with Gasteiger partial charge in [0.2, 0.25) is 0 Å². The molecule has 2 nitrogen and oxygen atoms in total. The third-order valence-corrected chi connectivity index (χ3v) is 9.91. The Morgan fingerprint density at radius 1 is 0.769 bits per heavy atom. The standard InChI is InChI=1S/C36H59FO2/c1-3-5-7-9-11-13-17-32-24-25-34(28-35(32)37)39-36(38)26-21-30-16-14-18-33(27-30)31-22-19-29(20-23-31)15-12-10-8-6-4-2/h24-25,28-31,33H,3-23,26-27H2,1-2H3/t29-,30?,31-,33-/m0/s1. The van der Waals surface area contributed by atoms with Gasteiger partial charge in [0.25, 0.3) is 0 Å². The third kappa shape index (κ3) is 12.3. The molecule has 0 spiro atoms. The van der Waals surface area contributed by atoms with E-state index in [0.717, 1.165) is 49.0 Å². The van der Waals surface area contributed by atoms with Gasteiger partial charge in [-0.3, -0.25) is 4.79 Å². The molecule has 0 saturated heterocycles. The Hall–Kier alpha value is -1.38. The maximum atomic E-state index is 14.6. The molecular formula is C36H59FO2. The van der Waals surface area contributed by atoms with E-state index in [1.54, 1.807) is 12.1 Å². The van der Waals surface area contributed by atoms with Crippen LogP contribution in [0.2, 0.25) is 0 Å². The predicted molar refractivity (Wildman–Crippen MR) is 163 cm³/mol. The molecule has 2 fully saturated rings. The van der Waals surface area contributed by atoms with E-state index in [4.69, 9.17) is 4.74 Å². The first kappa shape index (κ1) is 32.1. The molecule has 2 saturated carbocycles. The van der Waals surface area contributed by atoms with Crippen molar-refractivity contribution in [3.8, 4) is 5.75 Å². The van der Waals surface area contributed by atoms with Crippen molar-refractivity contribution in [3.63, 3.8) is 0 Å². The molecular weight excluding hydrogens is 483 g/mol. The van der Waals surface area contributed by atoms with Crippen LogP contribution in [-0.2, 0) is 11.2 Å². The van der Waals surface area contributed by atoms with Gasteiger partial charge in [0.15, 0.2) is 0 Å². The zero-order valence-corrected chi connectivity index (χ0v) is 25.5. The average Bonchev–Trinajstić information content (AvgIpc) is 2.95. The molecule has 0 bridgehead atoms. The van der Waals surface area contributed by atoms with E-state index in [1.807, 2.05) is 0 Å². The lowest BCUT2D eigenvalue weighted by atomic mass is 9.67. The van der Waals surface area contributed by atoms with E-state index in [-0.39, 0.29) is 11.8 Å². The van der Waals surface area contributed by atoms with Gasteiger partial charge in [-0.2, -0.15) is 0 Å². The first-order valence-electron chi connectivity index (χ1n) is 17.1. The van der Waals surface area contributed by atoms with E-state index in [0.29, 0.717) is 18.1 Å². The minimum Gasteiger partial charge on any atom is -0.426 e. The number of halogens is 1. The van der Waals surface area contributed by atoms with Crippen LogP contribution in [0.1, 0.15) is 161 Å². The topological polar surface area (TPSA) is 26.3 Å². The van der Waals surface area contributed by atoms with Crippen molar-refractivity contribution in [1.82, 2.24) is 0 Å². The molecule has 0 N–H and O–H groups in total. The zero-order valence-electron chi connectivity index (χ0n) is 25.5. The Morgan fingerprint density at radius 3 is 2.18 bits per heavy atom. The molecule has 0 radical (unpaired) electrons. The summed E-state index contributed by atoms with van der Waals surface area (Å²) in [4.78, 5) is 12.6. The second kappa shape index (κ2) is 18.9. The molecule has 3 rings (SSSR count). The molecule has 3 heteroatoms. The predicted octanol–water partition coefficient (Wildman–Crippen LogP) is 11.4. The summed E-state index contributed by atoms with van der Waals surface area (Å²) < 4.78 is 20.1. The summed E-state index contributed by atoms with van der Waals surface area (Å²) in [6.45, 7) is 4.51. The number of carbonyl (C=O) groups excluding carboxylic acids is 1. The van der Waals surface area contributed by atoms with Crippen molar-refractivity contribution in [2.75, 3.05) is 0 Å². The molecule has 1 unspecified atom stereocenters. The maximum absolute atomic E-state index is 14.6. The monoisotopic (exact) mass is 542 g/mol. The number of hydrogen-bond acceptors (Lipinski definition) is 2. The number of aryl methyl sites for hydroxylation is 1. The van der Waals surface area contributed by atoms with Gasteiger partial charge >= 0.3 is 5.97 Å². The van der Waals surface area contributed by atoms with Gasteiger partial charge in [-0.25, -0.2) is 4.39 Å². The number of hydrogen-bond donors (Lipinski definition) is 0. The molecule has 2 aliphatic carbocycles. The summed E-state index contributed by atoms with van der Waals surface area (Å²) >= 11 is 0. The van der Waals surface area contributed by atoms with Crippen LogP contribution in [-0.4, -0.2) is 5.97 Å². The van der Waals surface area contributed by atoms with Crippen LogP contribution < -0.4 is 4.74 Å². The SMILES string of the molecule is CCCCCCCCc1ccc(OC(=O)CCC2CCC[C@H]([C@H]3CC[C@H](CCCCCCC)CC3)C2)cc1F. The fourth-order valence-corrected chi connectivity index (χ4v) is 7.40. The van der Waals surface area contributed by atoms with Crippen LogP contribution in [0.3, 0.4) is 0 Å². The lowest BCUT2D eigenvalue weighted by molar-refractivity contribution is -0.134. The van der Waals surface area contributed by atoms with Crippen LogP contribution in [0, 0.1) is 29.5 Å². The Bertz CT molecular complexity index is 797. The van der Waals surface area contributed by atoms with Gasteiger partial charge in [0.05, 0.1) is 0 Å². The van der Waals surface area contributed by atoms with Gasteiger partial charge in [-0.15, -0.1) is 0 Å². The van der Waals surface area contributed by atoms with Crippen molar-refractivity contribution >= 4 is 5.97 Å². The molecule has 0 aromatic heterocycles. The van der Waals surface area contributed by atoms with Gasteiger partial charge in [0, 0.05) is 12.5 Å². The first-order valence-corrected chi connectivity index (χ1v) is 17.1. The Balaban J connectivity index is 1.31. The highest BCUT2D eigenvalue weighted by Crippen LogP contribution is 2.43. The third-order valence-electron chi connectivity index (χ3n) is 9.91. The summed E-state index contributed by atoms with van der Waals surface area (Å²) in [7, 11) is 0. The van der Waals surface area contributed by atoms with E-state index >= 15 is 0 Å². The van der Waals surface area contributed by atoms with Crippen LogP contribution >= 0.6 is 0 Å². The van der Waals surface area contributed by atoms with Crippen LogP contribution in [0.5, 0.6) is 5.75 Å². The summed E-state index contributed by atoms with van der Waals surface area (Å²) in [6, 6.07) is 4.98. The minimum atomic E-state index is -0.241. The molecule has 1 aromatic carbocycles. The van der Waals surface area contributed by atoms with Crippen LogP contribution in [0.4, 0.5) is 4.39 Å². The average molecular weight is 543 g/mol. The number of carbonyl (C=O) groups is 1. The number of benzene rings is 1. The van der Waals surface area contributed by atoms with Gasteiger partial charge in [0.1, 0.15) is 11.6 Å². The number of esters is 1. The lowest BCUT2D eigenvalue weighted by Gasteiger charge is -2.38. The smallest absolute Gasteiger partial charge is 0.311 e. The van der Waals surface area contributed by atoms with Gasteiger partial charge < -0.3 is 4.74 Å². The van der Waals surface area contributed by atoms with E-state index in [1.165, 1.54) is 122 Å². The minimum absolute atomic E-state index is 0.209. The van der Waals surface area contributed by atoms with Crippen molar-refractivity contribution in [2.24, 2.45) is 23.7 Å². The number of rotatable bonds is 18. The highest BCUT2D eigenvalue weighted by molar-refractivity contribution is 5.72. The largest absolute Gasteiger partial charge is 0.426 e. The van der Waals surface area contributed by atoms with Crippen molar-refractivity contribution in [1.29, 1.82) is 0 Å². The summed E-state index contributed by atoms with van der Waals surface area (Å²) in [5, 5.41) is 0. The molecule has 1 aromatic rings. The van der Waals surface area contributed by atoms with Crippen molar-refractivity contribution in [3.05, 3.63) is 29.6 Å². The molecule has 0 aliphatic heterocycles. The van der Waals surface area contributed by atoms with Gasteiger partial charge in [-0.1, -0.05) is 123 Å². The second-order valence-electron chi connectivity index (χ2n) is 13.1. The maximum Gasteiger partial charge on any atom is 0.311 e. The molecule has 39 heavy (non-hydrogen) atoms. The lowest BCUT2D eigenvalue weighted by Crippen LogP contribution is -2.27. The van der Waals surface area contributed by atoms with E-state index in [9.17, 15) is 9.18 Å². The Morgan fingerprint density at radius 2 is 1.46 bits per heavy atom. The Labute approximate surface area is 240 Å². The molecule has 0 heterocycles. The van der Waals surface area contributed by atoms with E-state index in [2.05, 4.69) is 13.8 Å². The fourth-order valence-electron chi connectivity index (χ4n) is 7.40. The summed E-state index contributed by atoms with van der Waals surface area (Å²) in [5.74, 6) is 3.30. The summed E-state index contributed by atoms with van der Waals surface area (Å²) in [5.41, 5.74) is 0.736. The van der Waals surface area contributed by atoms with Crippen LogP contribution in [0.25, 0.3) is 0 Å². The number of unbranched alkanes of at least 4 members (excludes halogenated alkanes) is 9. The van der Waals surface area contributed by atoms with Crippen molar-refractivity contribution in [2.45, 2.75) is 162 Å². The number of ether oxygens (including phenoxy) is 1. The zero-order chi connectivity index (χ0) is 27.7. The fraction of sp³-hybridized carbons (Fsp3) is 0.806. The summed E-state index contributed by atoms with van der Waals surface area (Å²) in [6.07, 6.45) is 28.8. The highest BCUT2D eigenvalue weighted by Gasteiger charge is 2.31. The van der Waals surface area contributed by atoms with Crippen molar-refractivity contribution < 1.29 is 13.9 Å². The second-order valence-corrected chi connectivity index (χ2v) is 13.1. The highest BCUT2D eigenvalue weighted by atomic mass is 19.1. The quantitative estimate of drug-likeness (QED) is 0.105. The normalized spacial score (nSPS) is 23.6. The van der Waals surface area contributed by atoms with Crippen LogP contribution in [0.15, 0.2) is 18.2 Å². The van der Waals surface area contributed by atoms with Gasteiger partial charge in [-0.05, 0) is 73.8 Å².